The van der Waals surface area contributed by atoms with Crippen LogP contribution in [0, 0.1) is 18.3 Å². The van der Waals surface area contributed by atoms with Crippen LogP contribution in [-0.4, -0.2) is 34.2 Å². The van der Waals surface area contributed by atoms with Gasteiger partial charge in [-0.25, -0.2) is 0 Å². The Hall–Kier alpha value is -2.83. The van der Waals surface area contributed by atoms with Crippen molar-refractivity contribution in [3.8, 4) is 0 Å². The molecule has 3 aliphatic rings. The van der Waals surface area contributed by atoms with Gasteiger partial charge in [0.2, 0.25) is 5.78 Å². The molecular weight excluding hydrogens is 448 g/mol. The fourth-order valence-corrected chi connectivity index (χ4v) is 7.89. The molecule has 1 saturated heterocycles. The Morgan fingerprint density at radius 2 is 1.76 bits per heavy atom. The molecule has 34 heavy (non-hydrogen) atoms. The van der Waals surface area contributed by atoms with Crippen LogP contribution in [0.5, 0.6) is 0 Å². The molecule has 1 aliphatic heterocycles. The highest BCUT2D eigenvalue weighted by atomic mass is 32.2. The maximum absolute atomic E-state index is 14.6. The minimum atomic E-state index is -1.81. The number of methoxy groups -OCH3 is 1. The molecule has 0 bridgehead atoms. The SMILES string of the molecule is COC1=CC(=O)[C@]2(C)CC=C3CO[C@H](c4ccccc4)C[C@@H]3[C@]2(S(=O)c2ccc(C)cc2)C1=O. The molecule has 0 radical (unpaired) electrons. The highest BCUT2D eigenvalue weighted by Gasteiger charge is 2.70. The summed E-state index contributed by atoms with van der Waals surface area (Å²) >= 11 is 0. The van der Waals surface area contributed by atoms with E-state index in [4.69, 9.17) is 9.47 Å². The van der Waals surface area contributed by atoms with Crippen molar-refractivity contribution in [3.63, 3.8) is 0 Å². The second-order valence-electron chi connectivity index (χ2n) is 9.54. The first-order valence-corrected chi connectivity index (χ1v) is 12.7. The summed E-state index contributed by atoms with van der Waals surface area (Å²) in [6.45, 7) is 4.09. The molecule has 1 heterocycles. The third-order valence-electron chi connectivity index (χ3n) is 7.72. The van der Waals surface area contributed by atoms with Crippen LogP contribution < -0.4 is 0 Å². The largest absolute Gasteiger partial charge is 0.493 e. The minimum Gasteiger partial charge on any atom is -0.493 e. The van der Waals surface area contributed by atoms with Gasteiger partial charge in [-0.2, -0.15) is 0 Å². The van der Waals surface area contributed by atoms with Crippen molar-refractivity contribution in [2.75, 3.05) is 13.7 Å². The topological polar surface area (TPSA) is 69.7 Å². The lowest BCUT2D eigenvalue weighted by Gasteiger charge is -2.55. The van der Waals surface area contributed by atoms with Gasteiger partial charge in [-0.15, -0.1) is 0 Å². The van der Waals surface area contributed by atoms with Crippen molar-refractivity contribution in [1.29, 1.82) is 0 Å². The lowest BCUT2D eigenvalue weighted by Crippen LogP contribution is -2.68. The van der Waals surface area contributed by atoms with Gasteiger partial charge < -0.3 is 9.47 Å². The van der Waals surface area contributed by atoms with Crippen LogP contribution >= 0.6 is 0 Å². The van der Waals surface area contributed by atoms with E-state index in [0.29, 0.717) is 24.3 Å². The lowest BCUT2D eigenvalue weighted by molar-refractivity contribution is -0.140. The number of hydrogen-bond donors (Lipinski definition) is 0. The number of hydrogen-bond acceptors (Lipinski definition) is 5. The fourth-order valence-electron chi connectivity index (χ4n) is 5.77. The van der Waals surface area contributed by atoms with E-state index in [1.807, 2.05) is 55.5 Å². The van der Waals surface area contributed by atoms with E-state index < -0.39 is 26.9 Å². The molecule has 2 aromatic rings. The van der Waals surface area contributed by atoms with Gasteiger partial charge in [-0.3, -0.25) is 13.8 Å². The van der Waals surface area contributed by atoms with Gasteiger partial charge in [0.25, 0.3) is 0 Å². The number of Topliss-reactive ketones (excluding diaryl/α,β-unsaturated/α-hetero) is 1. The predicted octanol–water partition coefficient (Wildman–Crippen LogP) is 4.64. The molecule has 0 spiro atoms. The monoisotopic (exact) mass is 476 g/mol. The maximum Gasteiger partial charge on any atom is 0.218 e. The van der Waals surface area contributed by atoms with Crippen LogP contribution in [0.15, 0.2) is 83.0 Å². The van der Waals surface area contributed by atoms with E-state index in [1.54, 1.807) is 19.1 Å². The summed E-state index contributed by atoms with van der Waals surface area (Å²) in [5.41, 5.74) is 1.81. The number of allylic oxidation sites excluding steroid dienone is 3. The summed E-state index contributed by atoms with van der Waals surface area (Å²) in [6, 6.07) is 17.2. The number of fused-ring (bicyclic) bond motifs is 3. The number of carbonyl (C=O) groups is 2. The third-order valence-corrected chi connectivity index (χ3v) is 9.92. The number of benzene rings is 2. The lowest BCUT2D eigenvalue weighted by atomic mass is 9.55. The Morgan fingerprint density at radius 1 is 1.06 bits per heavy atom. The number of ketones is 2. The zero-order valence-electron chi connectivity index (χ0n) is 19.6. The smallest absolute Gasteiger partial charge is 0.218 e. The standard InChI is InChI=1S/C28H28O5S/c1-18-9-11-21(12-10-18)34(31)28-22-15-23(19-7-5-4-6-8-19)33-17-20(22)13-14-27(28,2)25(29)16-24(32-3)26(28)30/h4-13,16,22-23H,14-15,17H2,1-3H3/t22-,23-,27-,28-,34?/m0/s1. The van der Waals surface area contributed by atoms with E-state index >= 15 is 0 Å². The molecule has 5 rings (SSSR count). The summed E-state index contributed by atoms with van der Waals surface area (Å²) in [7, 11) is -0.418. The van der Waals surface area contributed by atoms with Crippen molar-refractivity contribution in [2.45, 2.75) is 42.4 Å². The first-order valence-electron chi connectivity index (χ1n) is 11.5. The molecule has 1 unspecified atom stereocenters. The second kappa shape index (κ2) is 8.43. The Kier molecular flexibility index (Phi) is 5.69. The molecule has 0 amide bonds. The summed E-state index contributed by atoms with van der Waals surface area (Å²) in [5.74, 6) is -1.03. The van der Waals surface area contributed by atoms with Gasteiger partial charge in [0.15, 0.2) is 11.5 Å². The molecule has 0 N–H and O–H groups in total. The molecule has 1 fully saturated rings. The van der Waals surface area contributed by atoms with Crippen LogP contribution in [0.1, 0.15) is 37.0 Å². The fraction of sp³-hybridized carbons (Fsp3) is 0.357. The molecule has 6 heteroatoms. The maximum atomic E-state index is 14.6. The first-order chi connectivity index (χ1) is 16.3. The van der Waals surface area contributed by atoms with E-state index in [1.165, 1.54) is 13.2 Å². The molecule has 5 atom stereocenters. The van der Waals surface area contributed by atoms with Crippen LogP contribution in [0.25, 0.3) is 0 Å². The number of carbonyl (C=O) groups excluding carboxylic acids is 2. The molecule has 2 aliphatic carbocycles. The van der Waals surface area contributed by atoms with Crippen molar-refractivity contribution in [3.05, 3.63) is 89.2 Å². The molecule has 2 aromatic carbocycles. The van der Waals surface area contributed by atoms with Gasteiger partial charge in [0.05, 0.1) is 36.0 Å². The van der Waals surface area contributed by atoms with Crippen molar-refractivity contribution < 1.29 is 23.3 Å². The summed E-state index contributed by atoms with van der Waals surface area (Å²) in [4.78, 5) is 28.4. The normalized spacial score (nSPS) is 31.6. The average molecular weight is 477 g/mol. The van der Waals surface area contributed by atoms with Crippen molar-refractivity contribution in [1.82, 2.24) is 0 Å². The predicted molar refractivity (Wildman–Crippen MR) is 129 cm³/mol. The summed E-state index contributed by atoms with van der Waals surface area (Å²) < 4.78 is 24.7. The molecular formula is C28H28O5S. The van der Waals surface area contributed by atoms with Crippen LogP contribution in [0.3, 0.4) is 0 Å². The Morgan fingerprint density at radius 3 is 2.44 bits per heavy atom. The van der Waals surface area contributed by atoms with Crippen LogP contribution in [0.4, 0.5) is 0 Å². The van der Waals surface area contributed by atoms with Gasteiger partial charge in [-0.05, 0) is 43.0 Å². The Bertz CT molecular complexity index is 1230. The van der Waals surface area contributed by atoms with Gasteiger partial charge in [0, 0.05) is 16.9 Å². The quantitative estimate of drug-likeness (QED) is 0.602. The zero-order valence-corrected chi connectivity index (χ0v) is 20.4. The summed E-state index contributed by atoms with van der Waals surface area (Å²) in [5, 5.41) is 0. The zero-order chi connectivity index (χ0) is 24.1. The molecule has 5 nitrogen and oxygen atoms in total. The Balaban J connectivity index is 1.72. The number of aryl methyl sites for hydroxylation is 1. The van der Waals surface area contributed by atoms with E-state index in [2.05, 4.69) is 0 Å². The average Bonchev–Trinajstić information content (AvgIpc) is 2.86. The van der Waals surface area contributed by atoms with Crippen molar-refractivity contribution in [2.24, 2.45) is 11.3 Å². The summed E-state index contributed by atoms with van der Waals surface area (Å²) in [6.07, 6.45) is 3.83. The highest BCUT2D eigenvalue weighted by Crippen LogP contribution is 2.59. The van der Waals surface area contributed by atoms with Crippen LogP contribution in [0.2, 0.25) is 0 Å². The second-order valence-corrected chi connectivity index (χ2v) is 11.2. The minimum absolute atomic E-state index is 0.0214. The van der Waals surface area contributed by atoms with Crippen molar-refractivity contribution >= 4 is 22.4 Å². The first kappa shape index (κ1) is 22.9. The van der Waals surface area contributed by atoms with E-state index in [0.717, 1.165) is 16.7 Å². The molecule has 0 aromatic heterocycles. The van der Waals surface area contributed by atoms with Crippen LogP contribution in [-0.2, 0) is 29.9 Å². The van der Waals surface area contributed by atoms with Gasteiger partial charge >= 0.3 is 0 Å². The number of ether oxygens (including phenoxy) is 2. The molecule has 176 valence electrons. The molecule has 0 saturated carbocycles. The number of rotatable bonds is 4. The third kappa shape index (κ3) is 3.19. The van der Waals surface area contributed by atoms with Gasteiger partial charge in [0.1, 0.15) is 4.75 Å². The highest BCUT2D eigenvalue weighted by molar-refractivity contribution is 7.87. The van der Waals surface area contributed by atoms with Gasteiger partial charge in [-0.1, -0.05) is 61.0 Å². The van der Waals surface area contributed by atoms with E-state index in [-0.39, 0.29) is 23.4 Å². The van der Waals surface area contributed by atoms with E-state index in [9.17, 15) is 13.8 Å². The Labute approximate surface area is 202 Å².